The van der Waals surface area contributed by atoms with Crippen LogP contribution in [0.4, 0.5) is 8.78 Å². The van der Waals surface area contributed by atoms with Crippen molar-refractivity contribution >= 4 is 17.1 Å². The summed E-state index contributed by atoms with van der Waals surface area (Å²) < 4.78 is 27.7. The van der Waals surface area contributed by atoms with E-state index in [0.29, 0.717) is 5.69 Å². The Bertz CT molecular complexity index is 1210. The van der Waals surface area contributed by atoms with Crippen molar-refractivity contribution in [3.8, 4) is 21.7 Å². The molecule has 6 heteroatoms. The van der Waals surface area contributed by atoms with Gasteiger partial charge < -0.3 is 0 Å². The number of hydrogen-bond acceptors (Lipinski definition) is 4. The number of benzene rings is 2. The van der Waals surface area contributed by atoms with Crippen molar-refractivity contribution in [2.24, 2.45) is 0 Å². The van der Waals surface area contributed by atoms with Crippen LogP contribution < -0.4 is 0 Å². The van der Waals surface area contributed by atoms with Gasteiger partial charge >= 0.3 is 0 Å². The lowest BCUT2D eigenvalue weighted by Crippen LogP contribution is -2.10. The number of pyridine rings is 1. The molecule has 30 heavy (non-hydrogen) atoms. The molecule has 0 atom stereocenters. The fourth-order valence-corrected chi connectivity index (χ4v) is 4.05. The van der Waals surface area contributed by atoms with E-state index in [1.54, 1.807) is 23.6 Å². The Labute approximate surface area is 177 Å². The average molecular weight is 420 g/mol. The summed E-state index contributed by atoms with van der Waals surface area (Å²) in [6.07, 6.45) is 1.51. The number of rotatable bonds is 5. The molecule has 0 N–H and O–H groups in total. The van der Waals surface area contributed by atoms with Crippen LogP contribution in [0.2, 0.25) is 0 Å². The van der Waals surface area contributed by atoms with Gasteiger partial charge in [0, 0.05) is 34.1 Å². The number of nitrogens with zero attached hydrogens (tertiary/aromatic N) is 2. The van der Waals surface area contributed by atoms with Crippen molar-refractivity contribution in [1.82, 2.24) is 9.97 Å². The number of carbonyl (C=O) groups excluding carboxylic acids is 1. The van der Waals surface area contributed by atoms with Crippen molar-refractivity contribution < 1.29 is 13.6 Å². The predicted molar refractivity (Wildman–Crippen MR) is 115 cm³/mol. The lowest BCUT2D eigenvalue weighted by Gasteiger charge is -2.09. The van der Waals surface area contributed by atoms with Crippen molar-refractivity contribution in [1.29, 1.82) is 0 Å². The van der Waals surface area contributed by atoms with Crippen LogP contribution in [-0.4, -0.2) is 15.8 Å². The van der Waals surface area contributed by atoms with Crippen molar-refractivity contribution in [2.45, 2.75) is 20.3 Å². The summed E-state index contributed by atoms with van der Waals surface area (Å²) in [7, 11) is 0. The van der Waals surface area contributed by atoms with E-state index >= 15 is 0 Å². The second-order valence-corrected chi connectivity index (χ2v) is 7.92. The van der Waals surface area contributed by atoms with Crippen LogP contribution >= 0.6 is 11.3 Å². The number of ketones is 1. The van der Waals surface area contributed by atoms with Gasteiger partial charge in [-0.1, -0.05) is 24.3 Å². The monoisotopic (exact) mass is 420 g/mol. The highest BCUT2D eigenvalue weighted by molar-refractivity contribution is 7.13. The largest absolute Gasteiger partial charge is 0.294 e. The Hall–Kier alpha value is -3.25. The smallest absolute Gasteiger partial charge is 0.174 e. The molecule has 0 radical (unpaired) electrons. The van der Waals surface area contributed by atoms with E-state index in [1.165, 1.54) is 6.07 Å². The number of carbonyl (C=O) groups is 1. The third-order valence-corrected chi connectivity index (χ3v) is 5.83. The summed E-state index contributed by atoms with van der Waals surface area (Å²) >= 11 is 1.60. The summed E-state index contributed by atoms with van der Waals surface area (Å²) in [5, 5.41) is 2.97. The summed E-state index contributed by atoms with van der Waals surface area (Å²) in [5.41, 5.74) is 4.95. The maximum absolute atomic E-state index is 13.8. The van der Waals surface area contributed by atoms with Gasteiger partial charge in [-0.3, -0.25) is 9.78 Å². The van der Waals surface area contributed by atoms with Crippen molar-refractivity contribution in [3.63, 3.8) is 0 Å². The van der Waals surface area contributed by atoms with Gasteiger partial charge in [0.2, 0.25) is 0 Å². The van der Waals surface area contributed by atoms with E-state index in [0.717, 1.165) is 45.1 Å². The van der Waals surface area contributed by atoms with Crippen LogP contribution in [0, 0.1) is 25.5 Å². The molecule has 0 aliphatic heterocycles. The van der Waals surface area contributed by atoms with E-state index in [4.69, 9.17) is 0 Å². The van der Waals surface area contributed by atoms with E-state index in [1.807, 2.05) is 37.4 Å². The Balaban J connectivity index is 1.59. The van der Waals surface area contributed by atoms with Gasteiger partial charge in [-0.15, -0.1) is 11.3 Å². The molecule has 0 unspecified atom stereocenters. The van der Waals surface area contributed by atoms with E-state index in [-0.39, 0.29) is 6.42 Å². The van der Waals surface area contributed by atoms with Gasteiger partial charge in [-0.2, -0.15) is 0 Å². The Morgan fingerprint density at radius 1 is 1.00 bits per heavy atom. The molecule has 0 aliphatic carbocycles. The first kappa shape index (κ1) is 20.0. The summed E-state index contributed by atoms with van der Waals surface area (Å²) in [5.74, 6) is -2.36. The molecule has 2 aromatic carbocycles. The van der Waals surface area contributed by atoms with Crippen LogP contribution in [0.15, 0.2) is 60.1 Å². The zero-order valence-electron chi connectivity index (χ0n) is 16.4. The third-order valence-electron chi connectivity index (χ3n) is 4.82. The zero-order valence-corrected chi connectivity index (χ0v) is 17.3. The first-order chi connectivity index (χ1) is 14.4. The highest BCUT2D eigenvalue weighted by atomic mass is 32.1. The highest BCUT2D eigenvalue weighted by Crippen LogP contribution is 2.30. The second-order valence-electron chi connectivity index (χ2n) is 7.06. The highest BCUT2D eigenvalue weighted by Gasteiger charge is 2.18. The Kier molecular flexibility index (Phi) is 5.50. The molecule has 0 saturated carbocycles. The molecule has 0 aliphatic rings. The van der Waals surface area contributed by atoms with Gasteiger partial charge in [0.05, 0.1) is 12.0 Å². The standard InChI is InChI=1S/C24H18F2N2OS/c1-14-6-7-16(24-28-15(2)13-30-24)10-19(14)17-8-9-18(27-12-17)11-22(29)23-20(25)4-3-5-21(23)26/h3-10,12-13H,11H2,1-2H3. The van der Waals surface area contributed by atoms with Crippen LogP contribution in [0.5, 0.6) is 0 Å². The maximum Gasteiger partial charge on any atom is 0.174 e. The van der Waals surface area contributed by atoms with Gasteiger partial charge in [-0.25, -0.2) is 13.8 Å². The number of Topliss-reactive ketones (excluding diaryl/α,β-unsaturated/α-hetero) is 1. The van der Waals surface area contributed by atoms with E-state index in [2.05, 4.69) is 16.0 Å². The molecule has 0 fully saturated rings. The molecule has 3 nitrogen and oxygen atoms in total. The molecule has 4 rings (SSSR count). The lowest BCUT2D eigenvalue weighted by atomic mass is 9.98. The number of aryl methyl sites for hydroxylation is 2. The van der Waals surface area contributed by atoms with Gasteiger partial charge in [-0.05, 0) is 49.2 Å². The fourth-order valence-electron chi connectivity index (χ4n) is 3.26. The van der Waals surface area contributed by atoms with E-state index < -0.39 is 23.0 Å². The molecular formula is C24H18F2N2OS. The minimum Gasteiger partial charge on any atom is -0.294 e. The molecule has 150 valence electrons. The van der Waals surface area contributed by atoms with Crippen molar-refractivity contribution in [3.05, 3.63) is 94.3 Å². The van der Waals surface area contributed by atoms with Crippen molar-refractivity contribution in [2.75, 3.05) is 0 Å². The minimum absolute atomic E-state index is 0.171. The SMILES string of the molecule is Cc1csc(-c2ccc(C)c(-c3ccc(CC(=O)c4c(F)cccc4F)nc3)c2)n1. The predicted octanol–water partition coefficient (Wildman–Crippen LogP) is 6.19. The van der Waals surface area contributed by atoms with Gasteiger partial charge in [0.15, 0.2) is 5.78 Å². The minimum atomic E-state index is -0.860. The van der Waals surface area contributed by atoms with Crippen LogP contribution in [0.1, 0.15) is 27.3 Å². The van der Waals surface area contributed by atoms with Gasteiger partial charge in [0.25, 0.3) is 0 Å². The second kappa shape index (κ2) is 8.24. The Morgan fingerprint density at radius 2 is 1.73 bits per heavy atom. The third kappa shape index (κ3) is 4.04. The molecule has 0 amide bonds. The molecule has 4 aromatic rings. The van der Waals surface area contributed by atoms with Crippen LogP contribution in [0.3, 0.4) is 0 Å². The molecule has 0 spiro atoms. The van der Waals surface area contributed by atoms with Gasteiger partial charge in [0.1, 0.15) is 16.6 Å². The number of hydrogen-bond donors (Lipinski definition) is 0. The lowest BCUT2D eigenvalue weighted by molar-refractivity contribution is 0.0984. The quantitative estimate of drug-likeness (QED) is 0.362. The Morgan fingerprint density at radius 3 is 2.37 bits per heavy atom. The summed E-state index contributed by atoms with van der Waals surface area (Å²) in [6.45, 7) is 3.98. The van der Waals surface area contributed by atoms with E-state index in [9.17, 15) is 13.6 Å². The zero-order chi connectivity index (χ0) is 21.3. The fraction of sp³-hybridized carbons (Fsp3) is 0.125. The molecule has 2 heterocycles. The molecule has 0 bridgehead atoms. The molecule has 0 saturated heterocycles. The summed E-state index contributed by atoms with van der Waals surface area (Å²) in [6, 6.07) is 13.1. The first-order valence-corrected chi connectivity index (χ1v) is 10.3. The normalized spacial score (nSPS) is 10.9. The molecular weight excluding hydrogens is 402 g/mol. The number of aromatic nitrogens is 2. The topological polar surface area (TPSA) is 42.9 Å². The average Bonchev–Trinajstić information content (AvgIpc) is 3.15. The summed E-state index contributed by atoms with van der Waals surface area (Å²) in [4.78, 5) is 21.2. The first-order valence-electron chi connectivity index (χ1n) is 9.38. The molecule has 2 aromatic heterocycles. The van der Waals surface area contributed by atoms with Crippen LogP contribution in [0.25, 0.3) is 21.7 Å². The number of thiazole rings is 1. The number of halogens is 2. The van der Waals surface area contributed by atoms with Crippen LogP contribution in [-0.2, 0) is 6.42 Å². The maximum atomic E-state index is 13.8.